The number of imide groups is 1. The van der Waals surface area contributed by atoms with E-state index >= 15 is 0 Å². The molecule has 2 saturated heterocycles. The summed E-state index contributed by atoms with van der Waals surface area (Å²) >= 11 is 0. The third-order valence-electron chi connectivity index (χ3n) is 11.4. The van der Waals surface area contributed by atoms with E-state index in [2.05, 4.69) is 65.2 Å². The molecule has 1 atom stereocenters. The third-order valence-corrected chi connectivity index (χ3v) is 11.4. The lowest BCUT2D eigenvalue weighted by Gasteiger charge is -2.34. The minimum absolute atomic E-state index is 0.217. The smallest absolute Gasteiger partial charge is 0.328 e. The predicted octanol–water partition coefficient (Wildman–Crippen LogP) is 5.58. The van der Waals surface area contributed by atoms with Gasteiger partial charge in [-0.25, -0.2) is 19.4 Å². The number of nitrogens with zero attached hydrogens (tertiary/aromatic N) is 11. The first-order valence-electron chi connectivity index (χ1n) is 19.1. The molecular formula is C40H43N13O2. The zero-order valence-corrected chi connectivity index (χ0v) is 30.8. The largest absolute Gasteiger partial charge is 0.368 e. The molecule has 0 radical (unpaired) electrons. The molecule has 8 rings (SSSR count). The van der Waals surface area contributed by atoms with E-state index in [1.165, 1.54) is 31.0 Å². The summed E-state index contributed by atoms with van der Waals surface area (Å²) in [5, 5.41) is 38.8. The first-order chi connectivity index (χ1) is 26.8. The molecule has 3 aliphatic rings. The third kappa shape index (κ3) is 7.75. The van der Waals surface area contributed by atoms with E-state index in [9.17, 15) is 20.1 Å². The zero-order valence-electron chi connectivity index (χ0n) is 30.8. The van der Waals surface area contributed by atoms with Crippen molar-refractivity contribution in [3.63, 3.8) is 0 Å². The van der Waals surface area contributed by atoms with Gasteiger partial charge in [-0.1, -0.05) is 17.3 Å². The van der Waals surface area contributed by atoms with Gasteiger partial charge in [0.2, 0.25) is 5.91 Å². The van der Waals surface area contributed by atoms with Crippen molar-refractivity contribution in [2.24, 2.45) is 5.92 Å². The highest BCUT2D eigenvalue weighted by Gasteiger charge is 2.28. The number of piperidine rings is 1. The molecule has 1 aromatic carbocycles. The fraction of sp³-hybridized carbons (Fsp3) is 0.425. The number of amides is 3. The summed E-state index contributed by atoms with van der Waals surface area (Å²) in [5.74, 6) is 1.88. The molecule has 2 N–H and O–H groups in total. The van der Waals surface area contributed by atoms with Crippen molar-refractivity contribution in [1.82, 2.24) is 45.0 Å². The fourth-order valence-corrected chi connectivity index (χ4v) is 8.19. The predicted molar refractivity (Wildman–Crippen MR) is 205 cm³/mol. The van der Waals surface area contributed by atoms with Gasteiger partial charge in [0, 0.05) is 42.2 Å². The zero-order chi connectivity index (χ0) is 37.9. The van der Waals surface area contributed by atoms with Crippen LogP contribution in [0.1, 0.15) is 86.9 Å². The second-order valence-corrected chi connectivity index (χ2v) is 14.9. The molecule has 0 unspecified atom stereocenters. The molecule has 0 spiro atoms. The number of benzene rings is 1. The van der Waals surface area contributed by atoms with Crippen LogP contribution in [0.2, 0.25) is 0 Å². The Morgan fingerprint density at radius 2 is 1.75 bits per heavy atom. The maximum Gasteiger partial charge on any atom is 0.328 e. The van der Waals surface area contributed by atoms with E-state index in [4.69, 9.17) is 0 Å². The van der Waals surface area contributed by atoms with Crippen molar-refractivity contribution >= 4 is 34.3 Å². The van der Waals surface area contributed by atoms with Crippen LogP contribution in [0.15, 0.2) is 61.2 Å². The average Bonchev–Trinajstić information content (AvgIpc) is 3.88. The number of anilines is 2. The number of carbonyl (C=O) groups is 2. The highest BCUT2D eigenvalue weighted by atomic mass is 16.2. The quantitative estimate of drug-likeness (QED) is 0.182. The number of carbonyl (C=O) groups excluding carboxylic acids is 2. The lowest BCUT2D eigenvalue weighted by Crippen LogP contribution is -2.49. The Balaban J connectivity index is 0.836. The molecule has 0 bridgehead atoms. The number of aromatic nitrogens is 7. The Hall–Kier alpha value is -6.19. The normalized spacial score (nSPS) is 20.2. The van der Waals surface area contributed by atoms with Gasteiger partial charge in [0.15, 0.2) is 11.5 Å². The van der Waals surface area contributed by atoms with Gasteiger partial charge in [-0.3, -0.25) is 15.0 Å². The van der Waals surface area contributed by atoms with Crippen LogP contribution in [0.4, 0.5) is 16.2 Å². The molecule has 3 amide bonds. The molecule has 15 nitrogen and oxygen atoms in total. The van der Waals surface area contributed by atoms with E-state index in [0.717, 1.165) is 62.1 Å². The molecule has 6 heterocycles. The van der Waals surface area contributed by atoms with Crippen LogP contribution in [-0.2, 0) is 4.79 Å². The monoisotopic (exact) mass is 737 g/mol. The van der Waals surface area contributed by atoms with E-state index in [0.29, 0.717) is 59.1 Å². The number of hydrogen-bond donors (Lipinski definition) is 2. The summed E-state index contributed by atoms with van der Waals surface area (Å²) in [6, 6.07) is 15.4. The van der Waals surface area contributed by atoms with Crippen molar-refractivity contribution in [3.8, 4) is 23.6 Å². The lowest BCUT2D eigenvalue weighted by molar-refractivity contribution is -0.120. The molecule has 55 heavy (non-hydrogen) atoms. The van der Waals surface area contributed by atoms with Crippen LogP contribution in [0.5, 0.6) is 0 Å². The Morgan fingerprint density at radius 1 is 0.945 bits per heavy atom. The molecule has 15 heteroatoms. The molecule has 4 aromatic heterocycles. The molecule has 3 fully saturated rings. The first-order valence-corrected chi connectivity index (χ1v) is 19.1. The molecule has 1 saturated carbocycles. The number of urea groups is 1. The number of nitrogens with one attached hydrogen (secondary N) is 2. The van der Waals surface area contributed by atoms with Gasteiger partial charge in [-0.2, -0.15) is 20.3 Å². The van der Waals surface area contributed by atoms with Crippen molar-refractivity contribution in [1.29, 1.82) is 10.5 Å². The van der Waals surface area contributed by atoms with Crippen molar-refractivity contribution < 1.29 is 9.59 Å². The van der Waals surface area contributed by atoms with E-state index in [-0.39, 0.29) is 11.9 Å². The number of fused-ring (bicyclic) bond motifs is 1. The summed E-state index contributed by atoms with van der Waals surface area (Å²) in [6.45, 7) is 5.53. The van der Waals surface area contributed by atoms with Crippen LogP contribution in [-0.4, -0.2) is 83.8 Å². The number of rotatable bonds is 10. The minimum atomic E-state index is -0.464. The highest BCUT2D eigenvalue weighted by molar-refractivity contribution is 6.05. The van der Waals surface area contributed by atoms with E-state index in [1.54, 1.807) is 39.6 Å². The molecule has 280 valence electrons. The van der Waals surface area contributed by atoms with Gasteiger partial charge in [-0.05, 0) is 107 Å². The summed E-state index contributed by atoms with van der Waals surface area (Å²) in [4.78, 5) is 37.1. The van der Waals surface area contributed by atoms with Gasteiger partial charge in [0.1, 0.15) is 17.8 Å². The Kier molecular flexibility index (Phi) is 10.2. The standard InChI is InChI=1S/C40H43N13O2/c1-26(20-41)46-34-19-37(53-39-32(23-45-53)18-28(21-42)22-44-39)43-24-36(34)52-25-35(48-49-52)31-4-2-27(3-5-31)10-14-50-15-11-30(12-16-50)29-6-8-33(9-7-29)51-17-13-38(54)47-40(51)55/h6-9,18-19,22-27,30-31H,2-5,10-17H2,1H3,(H,43,46)(H,47,54,55)/t26-,27?,31?/m1/s1. The second-order valence-electron chi connectivity index (χ2n) is 14.9. The summed E-state index contributed by atoms with van der Waals surface area (Å²) in [5.41, 5.74) is 5.51. The van der Waals surface area contributed by atoms with Gasteiger partial charge >= 0.3 is 6.03 Å². The van der Waals surface area contributed by atoms with Crippen LogP contribution in [0, 0.1) is 28.6 Å². The first kappa shape index (κ1) is 35.8. The fourth-order valence-electron chi connectivity index (χ4n) is 8.19. The van der Waals surface area contributed by atoms with Gasteiger partial charge in [0.05, 0.1) is 41.6 Å². The van der Waals surface area contributed by atoms with Crippen molar-refractivity contribution in [2.75, 3.05) is 36.4 Å². The average molecular weight is 738 g/mol. The van der Waals surface area contributed by atoms with Crippen molar-refractivity contribution in [2.45, 2.75) is 76.2 Å². The van der Waals surface area contributed by atoms with Crippen LogP contribution < -0.4 is 15.5 Å². The Labute approximate surface area is 319 Å². The number of hydrogen-bond acceptors (Lipinski definition) is 11. The van der Waals surface area contributed by atoms with Gasteiger partial charge in [-0.15, -0.1) is 5.10 Å². The molecule has 1 aliphatic carbocycles. The molecule has 2 aliphatic heterocycles. The minimum Gasteiger partial charge on any atom is -0.368 e. The second kappa shape index (κ2) is 15.7. The molecule has 5 aromatic rings. The SMILES string of the molecule is C[C@H](C#N)Nc1cc(-n2ncc3cc(C#N)cnc32)ncc1-n1cc(C2CCC(CCN3CCC(c4ccc(N5CCC(=O)NC5=O)cc4)CC3)CC2)nn1. The Morgan fingerprint density at radius 3 is 2.49 bits per heavy atom. The topological polar surface area (TPSA) is 187 Å². The van der Waals surface area contributed by atoms with Gasteiger partial charge < -0.3 is 10.2 Å². The molecular weight excluding hydrogens is 695 g/mol. The summed E-state index contributed by atoms with van der Waals surface area (Å²) in [6.07, 6.45) is 15.2. The number of pyridine rings is 2. The van der Waals surface area contributed by atoms with Crippen molar-refractivity contribution in [3.05, 3.63) is 78.0 Å². The van der Waals surface area contributed by atoms with Crippen LogP contribution in [0.3, 0.4) is 0 Å². The van der Waals surface area contributed by atoms with Gasteiger partial charge in [0.25, 0.3) is 0 Å². The maximum atomic E-state index is 12.2. The maximum absolute atomic E-state index is 12.2. The summed E-state index contributed by atoms with van der Waals surface area (Å²) < 4.78 is 3.35. The Bertz CT molecular complexity index is 2270. The lowest BCUT2D eigenvalue weighted by atomic mass is 9.79. The van der Waals surface area contributed by atoms with Crippen LogP contribution >= 0.6 is 0 Å². The van der Waals surface area contributed by atoms with E-state index < -0.39 is 6.04 Å². The highest BCUT2D eigenvalue weighted by Crippen LogP contribution is 2.37. The number of nitriles is 2. The summed E-state index contributed by atoms with van der Waals surface area (Å²) in [7, 11) is 0. The van der Waals surface area contributed by atoms with Crippen LogP contribution in [0.25, 0.3) is 22.5 Å². The van der Waals surface area contributed by atoms with E-state index in [1.807, 2.05) is 24.4 Å². The number of likely N-dealkylation sites (tertiary alicyclic amines) is 1.